The van der Waals surface area contributed by atoms with Crippen molar-refractivity contribution in [1.82, 2.24) is 9.97 Å². The number of benzene rings is 1. The third-order valence-electron chi connectivity index (χ3n) is 2.41. The van der Waals surface area contributed by atoms with E-state index in [0.717, 1.165) is 18.5 Å². The predicted molar refractivity (Wildman–Crippen MR) is 73.8 cm³/mol. The lowest BCUT2D eigenvalue weighted by Crippen LogP contribution is -2.15. The van der Waals surface area contributed by atoms with Gasteiger partial charge in [-0.15, -0.1) is 0 Å². The number of aromatic nitrogens is 2. The molecule has 2 rings (SSSR count). The molecule has 2 aromatic rings. The van der Waals surface area contributed by atoms with Gasteiger partial charge in [0.1, 0.15) is 16.4 Å². The van der Waals surface area contributed by atoms with Gasteiger partial charge in [0, 0.05) is 13.1 Å². The van der Waals surface area contributed by atoms with Crippen LogP contribution in [0.2, 0.25) is 5.02 Å². The van der Waals surface area contributed by atoms with E-state index in [2.05, 4.69) is 15.3 Å². The lowest BCUT2D eigenvalue weighted by Gasteiger charge is -2.10. The smallest absolute Gasteiger partial charge is 0.265 e. The van der Waals surface area contributed by atoms with Crippen molar-refractivity contribution in [2.45, 2.75) is 4.90 Å². The van der Waals surface area contributed by atoms with Gasteiger partial charge >= 0.3 is 0 Å². The molecular formula is C11H9ClF2N4O2S. The minimum Gasteiger partial charge on any atom is -0.357 e. The first-order valence-electron chi connectivity index (χ1n) is 5.50. The van der Waals surface area contributed by atoms with E-state index in [9.17, 15) is 17.2 Å². The van der Waals surface area contributed by atoms with Crippen molar-refractivity contribution in [3.63, 3.8) is 0 Å². The number of anilines is 2. The van der Waals surface area contributed by atoms with E-state index in [1.807, 2.05) is 4.72 Å². The van der Waals surface area contributed by atoms with Crippen LogP contribution in [0.5, 0.6) is 0 Å². The van der Waals surface area contributed by atoms with E-state index in [0.29, 0.717) is 6.07 Å². The van der Waals surface area contributed by atoms with Gasteiger partial charge in [0.25, 0.3) is 10.0 Å². The molecule has 112 valence electrons. The van der Waals surface area contributed by atoms with Crippen LogP contribution in [0.4, 0.5) is 20.4 Å². The van der Waals surface area contributed by atoms with Crippen molar-refractivity contribution in [1.29, 1.82) is 0 Å². The van der Waals surface area contributed by atoms with E-state index in [1.165, 1.54) is 0 Å². The van der Waals surface area contributed by atoms with E-state index < -0.39 is 32.4 Å². The van der Waals surface area contributed by atoms with E-state index in [1.54, 1.807) is 7.05 Å². The highest BCUT2D eigenvalue weighted by Gasteiger charge is 2.20. The fourth-order valence-corrected chi connectivity index (χ4v) is 2.69. The molecule has 0 aliphatic rings. The van der Waals surface area contributed by atoms with Gasteiger partial charge in [0.2, 0.25) is 5.95 Å². The van der Waals surface area contributed by atoms with Crippen molar-refractivity contribution in [2.75, 3.05) is 17.1 Å². The maximum Gasteiger partial charge on any atom is 0.265 e. The van der Waals surface area contributed by atoms with Crippen LogP contribution in [0.15, 0.2) is 29.4 Å². The number of hydrogen-bond donors (Lipinski definition) is 2. The molecule has 1 aromatic heterocycles. The summed E-state index contributed by atoms with van der Waals surface area (Å²) in [5.74, 6) is -1.82. The Morgan fingerprint density at radius 2 is 1.81 bits per heavy atom. The molecular weight excluding hydrogens is 326 g/mol. The van der Waals surface area contributed by atoms with Crippen LogP contribution in [0.3, 0.4) is 0 Å². The molecule has 21 heavy (non-hydrogen) atoms. The summed E-state index contributed by atoms with van der Waals surface area (Å²) in [5.41, 5.74) is -0.546. The third kappa shape index (κ3) is 3.37. The predicted octanol–water partition coefficient (Wildman–Crippen LogP) is 2.25. The number of hydrogen-bond acceptors (Lipinski definition) is 5. The zero-order valence-electron chi connectivity index (χ0n) is 10.6. The highest BCUT2D eigenvalue weighted by molar-refractivity contribution is 7.92. The zero-order chi connectivity index (χ0) is 15.6. The van der Waals surface area contributed by atoms with Crippen molar-refractivity contribution >= 4 is 33.3 Å². The Labute approximate surface area is 124 Å². The molecule has 0 radical (unpaired) electrons. The Balaban J connectivity index is 2.37. The Bertz CT molecular complexity index is 745. The summed E-state index contributed by atoms with van der Waals surface area (Å²) >= 11 is 5.63. The summed E-state index contributed by atoms with van der Waals surface area (Å²) in [6, 6.07) is 1.31. The summed E-state index contributed by atoms with van der Waals surface area (Å²) in [7, 11) is -2.58. The molecule has 0 fully saturated rings. The van der Waals surface area contributed by atoms with Gasteiger partial charge in [-0.3, -0.25) is 4.72 Å². The number of sulfonamides is 1. The first kappa shape index (κ1) is 15.4. The van der Waals surface area contributed by atoms with Crippen molar-refractivity contribution in [3.8, 4) is 0 Å². The van der Waals surface area contributed by atoms with Crippen LogP contribution in [-0.4, -0.2) is 25.4 Å². The second-order valence-corrected chi connectivity index (χ2v) is 5.93. The summed E-state index contributed by atoms with van der Waals surface area (Å²) in [4.78, 5) is 7.18. The van der Waals surface area contributed by atoms with Crippen LogP contribution < -0.4 is 10.0 Å². The highest BCUT2D eigenvalue weighted by Crippen LogP contribution is 2.28. The van der Waals surface area contributed by atoms with Crippen LogP contribution in [-0.2, 0) is 10.0 Å². The van der Waals surface area contributed by atoms with Gasteiger partial charge in [0.15, 0.2) is 5.82 Å². The molecule has 0 saturated heterocycles. The summed E-state index contributed by atoms with van der Waals surface area (Å²) in [5, 5.41) is 2.22. The van der Waals surface area contributed by atoms with E-state index in [4.69, 9.17) is 11.6 Å². The molecule has 2 N–H and O–H groups in total. The van der Waals surface area contributed by atoms with Gasteiger partial charge in [-0.05, 0) is 6.07 Å². The van der Waals surface area contributed by atoms with Crippen molar-refractivity contribution in [2.24, 2.45) is 0 Å². The molecule has 1 aromatic carbocycles. The minimum atomic E-state index is -4.15. The SMILES string of the molecule is CNc1ncc(S(=O)(=O)Nc2c(F)cc(F)cc2Cl)cn1. The largest absolute Gasteiger partial charge is 0.357 e. The number of nitrogens with zero attached hydrogens (tertiary/aromatic N) is 2. The highest BCUT2D eigenvalue weighted by atomic mass is 35.5. The minimum absolute atomic E-state index is 0.222. The van der Waals surface area contributed by atoms with Crippen LogP contribution in [0, 0.1) is 11.6 Å². The molecule has 1 heterocycles. The molecule has 0 atom stereocenters. The molecule has 0 amide bonds. The van der Waals surface area contributed by atoms with Crippen LogP contribution >= 0.6 is 11.6 Å². The van der Waals surface area contributed by atoms with Crippen LogP contribution in [0.1, 0.15) is 0 Å². The van der Waals surface area contributed by atoms with Crippen LogP contribution in [0.25, 0.3) is 0 Å². The van der Waals surface area contributed by atoms with Gasteiger partial charge in [-0.25, -0.2) is 27.2 Å². The Morgan fingerprint density at radius 1 is 1.19 bits per heavy atom. The third-order valence-corrected chi connectivity index (χ3v) is 4.01. The summed E-state index contributed by atoms with van der Waals surface area (Å²) in [6.07, 6.45) is 2.08. The first-order valence-corrected chi connectivity index (χ1v) is 7.37. The van der Waals surface area contributed by atoms with E-state index in [-0.39, 0.29) is 10.8 Å². The first-order chi connectivity index (χ1) is 9.83. The lowest BCUT2D eigenvalue weighted by molar-refractivity contribution is 0.582. The van der Waals surface area contributed by atoms with Crippen molar-refractivity contribution in [3.05, 3.63) is 41.2 Å². The summed E-state index contributed by atoms with van der Waals surface area (Å²) < 4.78 is 52.6. The van der Waals surface area contributed by atoms with Gasteiger partial charge < -0.3 is 5.32 Å². The molecule has 6 nitrogen and oxygen atoms in total. The zero-order valence-corrected chi connectivity index (χ0v) is 12.1. The second-order valence-electron chi connectivity index (χ2n) is 3.84. The summed E-state index contributed by atoms with van der Waals surface area (Å²) in [6.45, 7) is 0. The number of rotatable bonds is 4. The molecule has 10 heteroatoms. The van der Waals surface area contributed by atoms with Gasteiger partial charge in [-0.2, -0.15) is 0 Å². The fraction of sp³-hybridized carbons (Fsp3) is 0.0909. The normalized spacial score (nSPS) is 11.2. The monoisotopic (exact) mass is 334 g/mol. The van der Waals surface area contributed by atoms with Gasteiger partial charge in [0.05, 0.1) is 17.4 Å². The Hall–Kier alpha value is -2.00. The molecule has 0 bridgehead atoms. The molecule has 0 unspecified atom stereocenters. The molecule has 0 spiro atoms. The number of nitrogens with one attached hydrogen (secondary N) is 2. The Morgan fingerprint density at radius 3 is 2.33 bits per heavy atom. The Kier molecular flexibility index (Phi) is 4.24. The average Bonchev–Trinajstić information content (AvgIpc) is 2.43. The quantitative estimate of drug-likeness (QED) is 0.896. The average molecular weight is 335 g/mol. The second kappa shape index (κ2) is 5.78. The molecule has 0 aliphatic carbocycles. The number of halogens is 3. The van der Waals surface area contributed by atoms with Gasteiger partial charge in [-0.1, -0.05) is 11.6 Å². The standard InChI is InChI=1S/C11H9ClF2N4O2S/c1-15-11-16-4-7(5-17-11)21(19,20)18-10-8(12)2-6(13)3-9(10)14/h2-5,18H,1H3,(H,15,16,17). The van der Waals surface area contributed by atoms with E-state index >= 15 is 0 Å². The topological polar surface area (TPSA) is 84.0 Å². The fourth-order valence-electron chi connectivity index (χ4n) is 1.42. The maximum atomic E-state index is 13.6. The molecule has 0 aliphatic heterocycles. The van der Waals surface area contributed by atoms with Crippen molar-refractivity contribution < 1.29 is 17.2 Å². The lowest BCUT2D eigenvalue weighted by atomic mass is 10.3. The maximum absolute atomic E-state index is 13.6. The molecule has 0 saturated carbocycles.